The van der Waals surface area contributed by atoms with Crippen LogP contribution in [-0.4, -0.2) is 6.98 Å². The van der Waals surface area contributed by atoms with Crippen molar-refractivity contribution < 1.29 is 64.3 Å². The Kier molecular flexibility index (Phi) is 4.96. The zero-order chi connectivity index (χ0) is 7.78. The smallest absolute Gasteiger partial charge is 0.445 e. The summed E-state index contributed by atoms with van der Waals surface area (Å²) >= 11 is 0. The SMILES string of the molecule is C=C(C1CCC1)[B-](F)(F)F.[K+]. The number of rotatable bonds is 2. The molecule has 0 N–H and O–H groups in total. The summed E-state index contributed by atoms with van der Waals surface area (Å²) < 4.78 is 35.7. The van der Waals surface area contributed by atoms with Gasteiger partial charge in [0.25, 0.3) is 0 Å². The molecule has 0 aliphatic heterocycles. The quantitative estimate of drug-likeness (QED) is 0.523. The van der Waals surface area contributed by atoms with Crippen LogP contribution in [0.4, 0.5) is 12.9 Å². The van der Waals surface area contributed by atoms with E-state index in [4.69, 9.17) is 0 Å². The van der Waals surface area contributed by atoms with E-state index in [0.29, 0.717) is 12.8 Å². The summed E-state index contributed by atoms with van der Waals surface area (Å²) in [5.41, 5.74) is -0.480. The first-order valence-corrected chi connectivity index (χ1v) is 3.40. The van der Waals surface area contributed by atoms with Crippen molar-refractivity contribution in [1.82, 2.24) is 0 Å². The molecule has 0 amide bonds. The zero-order valence-electron chi connectivity index (χ0n) is 6.62. The van der Waals surface area contributed by atoms with Crippen LogP contribution in [0.15, 0.2) is 12.1 Å². The maximum atomic E-state index is 11.9. The average molecular weight is 188 g/mol. The average Bonchev–Trinajstić information content (AvgIpc) is 1.57. The molecule has 0 spiro atoms. The van der Waals surface area contributed by atoms with Crippen molar-refractivity contribution in [2.75, 3.05) is 0 Å². The van der Waals surface area contributed by atoms with Gasteiger partial charge in [-0.2, -0.15) is 0 Å². The monoisotopic (exact) mass is 188 g/mol. The standard InChI is InChI=1S/C6H9BF3.K/c1-5(7(8,9)10)6-3-2-4-6;/h6H,1-4H2;/q-1;+1. The first kappa shape index (κ1) is 12.2. The number of hydrogen-bond donors (Lipinski definition) is 0. The first-order chi connectivity index (χ1) is 4.52. The maximum absolute atomic E-state index is 11.9. The Morgan fingerprint density at radius 2 is 1.73 bits per heavy atom. The van der Waals surface area contributed by atoms with Gasteiger partial charge in [0.05, 0.1) is 0 Å². The third-order valence-electron chi connectivity index (χ3n) is 2.05. The van der Waals surface area contributed by atoms with E-state index in [1.165, 1.54) is 0 Å². The molecule has 0 atom stereocenters. The van der Waals surface area contributed by atoms with Crippen LogP contribution in [0.2, 0.25) is 0 Å². The largest absolute Gasteiger partial charge is 1.00 e. The third-order valence-corrected chi connectivity index (χ3v) is 2.05. The van der Waals surface area contributed by atoms with Crippen LogP contribution in [0.25, 0.3) is 0 Å². The summed E-state index contributed by atoms with van der Waals surface area (Å²) in [7, 11) is 0. The first-order valence-electron chi connectivity index (χ1n) is 3.40. The van der Waals surface area contributed by atoms with Gasteiger partial charge in [-0.1, -0.05) is 6.42 Å². The van der Waals surface area contributed by atoms with Gasteiger partial charge < -0.3 is 12.9 Å². The van der Waals surface area contributed by atoms with E-state index in [9.17, 15) is 12.9 Å². The van der Waals surface area contributed by atoms with Crippen molar-refractivity contribution in [3.05, 3.63) is 12.1 Å². The number of allylic oxidation sites excluding steroid dienone is 1. The van der Waals surface area contributed by atoms with Gasteiger partial charge in [0.2, 0.25) is 0 Å². The summed E-state index contributed by atoms with van der Waals surface area (Å²) in [6.45, 7) is -1.71. The second-order valence-electron chi connectivity index (χ2n) is 2.78. The van der Waals surface area contributed by atoms with Crippen LogP contribution in [-0.2, 0) is 0 Å². The summed E-state index contributed by atoms with van der Waals surface area (Å²) in [5, 5.41) is 0. The van der Waals surface area contributed by atoms with E-state index in [1.807, 2.05) is 0 Å². The molecule has 0 aromatic rings. The Bertz CT molecular complexity index is 150. The molecule has 1 aliphatic carbocycles. The Hall–Kier alpha value is 1.23. The molecule has 0 aromatic heterocycles. The molecule has 1 rings (SSSR count). The molecule has 0 nitrogen and oxygen atoms in total. The van der Waals surface area contributed by atoms with Gasteiger partial charge in [-0.15, -0.1) is 12.1 Å². The Labute approximate surface area is 107 Å². The molecule has 0 bridgehead atoms. The van der Waals surface area contributed by atoms with Crippen LogP contribution in [0.1, 0.15) is 19.3 Å². The summed E-state index contributed by atoms with van der Waals surface area (Å²) in [6.07, 6.45) is 2.29. The minimum atomic E-state index is -4.76. The minimum Gasteiger partial charge on any atom is -0.445 e. The van der Waals surface area contributed by atoms with Gasteiger partial charge in [0.1, 0.15) is 0 Å². The van der Waals surface area contributed by atoms with Crippen LogP contribution in [0.5, 0.6) is 0 Å². The number of halogens is 3. The van der Waals surface area contributed by atoms with Gasteiger partial charge in [-0.05, 0) is 18.8 Å². The molecule has 5 heteroatoms. The Balaban J connectivity index is 0.000001000. The van der Waals surface area contributed by atoms with E-state index in [2.05, 4.69) is 6.58 Å². The second-order valence-corrected chi connectivity index (χ2v) is 2.78. The van der Waals surface area contributed by atoms with Crippen LogP contribution >= 0.6 is 0 Å². The molecule has 0 saturated heterocycles. The number of hydrogen-bond acceptors (Lipinski definition) is 0. The van der Waals surface area contributed by atoms with Gasteiger partial charge in [-0.25, -0.2) is 0 Å². The fourth-order valence-corrected chi connectivity index (χ4v) is 1.05. The van der Waals surface area contributed by atoms with Gasteiger partial charge >= 0.3 is 58.4 Å². The fourth-order valence-electron chi connectivity index (χ4n) is 1.05. The van der Waals surface area contributed by atoms with Crippen molar-refractivity contribution in [1.29, 1.82) is 0 Å². The van der Waals surface area contributed by atoms with Gasteiger partial charge in [0, 0.05) is 0 Å². The van der Waals surface area contributed by atoms with Gasteiger partial charge in [0.15, 0.2) is 0 Å². The Morgan fingerprint density at radius 3 is 1.82 bits per heavy atom. The second kappa shape index (κ2) is 4.46. The third kappa shape index (κ3) is 3.22. The summed E-state index contributed by atoms with van der Waals surface area (Å²) in [4.78, 5) is 0. The topological polar surface area (TPSA) is 0 Å². The normalized spacial score (nSPS) is 18.5. The van der Waals surface area contributed by atoms with E-state index in [0.717, 1.165) is 6.42 Å². The van der Waals surface area contributed by atoms with Crippen molar-refractivity contribution >= 4 is 6.98 Å². The Morgan fingerprint density at radius 1 is 1.27 bits per heavy atom. The predicted molar refractivity (Wildman–Crippen MR) is 35.6 cm³/mol. The van der Waals surface area contributed by atoms with Crippen molar-refractivity contribution in [3.8, 4) is 0 Å². The van der Waals surface area contributed by atoms with Crippen LogP contribution in [0, 0.1) is 5.92 Å². The molecule has 0 radical (unpaired) electrons. The predicted octanol–water partition coefficient (Wildman–Crippen LogP) is -0.267. The van der Waals surface area contributed by atoms with Crippen molar-refractivity contribution in [2.24, 2.45) is 5.92 Å². The van der Waals surface area contributed by atoms with E-state index >= 15 is 0 Å². The van der Waals surface area contributed by atoms with E-state index < -0.39 is 12.4 Å². The molecule has 0 unspecified atom stereocenters. The molecule has 0 heterocycles. The van der Waals surface area contributed by atoms with Crippen molar-refractivity contribution in [2.45, 2.75) is 19.3 Å². The van der Waals surface area contributed by atoms with E-state index in [1.54, 1.807) is 0 Å². The molecular weight excluding hydrogens is 179 g/mol. The molecule has 0 aromatic carbocycles. The molecule has 1 fully saturated rings. The van der Waals surface area contributed by atoms with Gasteiger partial charge in [-0.3, -0.25) is 0 Å². The molecule has 11 heavy (non-hydrogen) atoms. The van der Waals surface area contributed by atoms with E-state index in [-0.39, 0.29) is 57.3 Å². The summed E-state index contributed by atoms with van der Waals surface area (Å²) in [6, 6.07) is 0. The molecular formula is C6H9BF3K. The molecule has 1 saturated carbocycles. The van der Waals surface area contributed by atoms with Crippen LogP contribution < -0.4 is 51.4 Å². The molecule has 1 aliphatic rings. The minimum absolute atomic E-state index is 0. The summed E-state index contributed by atoms with van der Waals surface area (Å²) in [5.74, 6) is -0.250. The zero-order valence-corrected chi connectivity index (χ0v) is 9.74. The van der Waals surface area contributed by atoms with Crippen LogP contribution in [0.3, 0.4) is 0 Å². The van der Waals surface area contributed by atoms with Crippen molar-refractivity contribution in [3.63, 3.8) is 0 Å². The molecule has 58 valence electrons. The fraction of sp³-hybridized carbons (Fsp3) is 0.667. The maximum Gasteiger partial charge on any atom is 1.00 e.